The average molecular weight is 275 g/mol. The van der Waals surface area contributed by atoms with Crippen LogP contribution in [0.3, 0.4) is 0 Å². The van der Waals surface area contributed by atoms with Crippen molar-refractivity contribution in [1.29, 1.82) is 0 Å². The summed E-state index contributed by atoms with van der Waals surface area (Å²) in [6.45, 7) is 1.70. The molecule has 2 N–H and O–H groups in total. The monoisotopic (exact) mass is 275 g/mol. The molecule has 1 unspecified atom stereocenters. The Morgan fingerprint density at radius 1 is 1.15 bits per heavy atom. The number of rotatable bonds is 4. The van der Waals surface area contributed by atoms with Crippen molar-refractivity contribution in [3.05, 3.63) is 42.4 Å². The average Bonchev–Trinajstić information content (AvgIpc) is 2.90. The second kappa shape index (κ2) is 5.88. The lowest BCUT2D eigenvalue weighted by Crippen LogP contribution is -2.11. The number of fused-ring (bicyclic) bond motifs is 1. The van der Waals surface area contributed by atoms with Crippen LogP contribution in [0.25, 0.3) is 0 Å². The first kappa shape index (κ1) is 12.9. The Balaban J connectivity index is 1.64. The van der Waals surface area contributed by atoms with Crippen molar-refractivity contribution in [1.82, 2.24) is 0 Å². The Morgan fingerprint density at radius 3 is 2.80 bits per heavy atom. The summed E-state index contributed by atoms with van der Waals surface area (Å²) >= 11 is 0. The number of anilines is 1. The van der Waals surface area contributed by atoms with E-state index >= 15 is 0 Å². The van der Waals surface area contributed by atoms with Crippen LogP contribution in [0.1, 0.15) is 18.3 Å². The molecule has 0 spiro atoms. The van der Waals surface area contributed by atoms with Gasteiger partial charge in [-0.05, 0) is 24.3 Å². The summed E-state index contributed by atoms with van der Waals surface area (Å²) in [6, 6.07) is 9.17. The highest BCUT2D eigenvalue weighted by molar-refractivity contribution is 5.55. The summed E-state index contributed by atoms with van der Waals surface area (Å²) in [5.74, 6) is 2.05. The number of aliphatic hydroxyl groups is 1. The van der Waals surface area contributed by atoms with E-state index in [0.717, 1.165) is 23.6 Å². The van der Waals surface area contributed by atoms with Crippen molar-refractivity contribution in [2.24, 2.45) is 0 Å². The van der Waals surface area contributed by atoms with E-state index in [1.54, 1.807) is 18.4 Å². The van der Waals surface area contributed by atoms with Crippen molar-refractivity contribution < 1.29 is 19.0 Å². The summed E-state index contributed by atoms with van der Waals surface area (Å²) in [5.41, 5.74) is 0.875. The Kier molecular flexibility index (Phi) is 3.78. The molecule has 1 aromatic heterocycles. The summed E-state index contributed by atoms with van der Waals surface area (Å²) in [4.78, 5) is 0. The Hall–Kier alpha value is -2.14. The normalized spacial score (nSPS) is 15.4. The molecule has 0 bridgehead atoms. The molecule has 20 heavy (non-hydrogen) atoms. The maximum Gasteiger partial charge on any atom is 0.163 e. The molecule has 0 aliphatic carbocycles. The van der Waals surface area contributed by atoms with Gasteiger partial charge in [-0.15, -0.1) is 0 Å². The minimum Gasteiger partial charge on any atom is -0.490 e. The molecule has 0 saturated carbocycles. The first-order chi connectivity index (χ1) is 9.83. The number of benzene rings is 1. The highest BCUT2D eigenvalue weighted by atomic mass is 16.5. The third-order valence-corrected chi connectivity index (χ3v) is 3.12. The number of hydrogen-bond donors (Lipinski definition) is 2. The predicted octanol–water partition coefficient (Wildman–Crippen LogP) is 2.59. The lowest BCUT2D eigenvalue weighted by molar-refractivity contribution is 0.162. The van der Waals surface area contributed by atoms with Crippen LogP contribution in [-0.4, -0.2) is 24.9 Å². The minimum absolute atomic E-state index is 0.368. The fourth-order valence-corrected chi connectivity index (χ4v) is 2.07. The van der Waals surface area contributed by atoms with Crippen LogP contribution in [0.15, 0.2) is 41.0 Å². The zero-order chi connectivity index (χ0) is 13.8. The largest absolute Gasteiger partial charge is 0.490 e. The second-order valence-corrected chi connectivity index (χ2v) is 4.62. The van der Waals surface area contributed by atoms with Gasteiger partial charge in [0.15, 0.2) is 11.5 Å². The topological polar surface area (TPSA) is 63.9 Å². The number of aliphatic hydroxyl groups excluding tert-OH is 1. The Labute approximate surface area is 117 Å². The number of ether oxygens (including phenoxy) is 2. The van der Waals surface area contributed by atoms with Crippen molar-refractivity contribution in [2.45, 2.75) is 12.5 Å². The molecule has 1 aliphatic heterocycles. The van der Waals surface area contributed by atoms with Crippen LogP contribution in [0, 0.1) is 0 Å². The standard InChI is InChI=1S/C15H17NO4/c17-12(13-3-1-6-18-13)10-16-11-4-5-14-15(9-11)20-8-2-7-19-14/h1,3-6,9,12,16-17H,2,7-8,10H2. The number of hydrogen-bond acceptors (Lipinski definition) is 5. The van der Waals surface area contributed by atoms with E-state index in [1.165, 1.54) is 0 Å². The third kappa shape index (κ3) is 2.88. The molecule has 1 aliphatic rings. The van der Waals surface area contributed by atoms with Gasteiger partial charge in [0.25, 0.3) is 0 Å². The highest BCUT2D eigenvalue weighted by Crippen LogP contribution is 2.32. The Morgan fingerprint density at radius 2 is 2.00 bits per heavy atom. The van der Waals surface area contributed by atoms with Gasteiger partial charge >= 0.3 is 0 Å². The highest BCUT2D eigenvalue weighted by Gasteiger charge is 2.13. The van der Waals surface area contributed by atoms with Crippen molar-refractivity contribution in [2.75, 3.05) is 25.1 Å². The van der Waals surface area contributed by atoms with Gasteiger partial charge < -0.3 is 24.3 Å². The predicted molar refractivity (Wildman–Crippen MR) is 74.2 cm³/mol. The third-order valence-electron chi connectivity index (χ3n) is 3.12. The molecule has 5 heteroatoms. The number of nitrogens with one attached hydrogen (secondary N) is 1. The first-order valence-electron chi connectivity index (χ1n) is 6.68. The first-order valence-corrected chi connectivity index (χ1v) is 6.68. The molecule has 0 radical (unpaired) electrons. The van der Waals surface area contributed by atoms with Crippen LogP contribution in [0.4, 0.5) is 5.69 Å². The molecular weight excluding hydrogens is 258 g/mol. The maximum absolute atomic E-state index is 9.94. The second-order valence-electron chi connectivity index (χ2n) is 4.62. The molecule has 1 atom stereocenters. The van der Waals surface area contributed by atoms with Gasteiger partial charge in [0.05, 0.1) is 19.5 Å². The van der Waals surface area contributed by atoms with Crippen molar-refractivity contribution >= 4 is 5.69 Å². The molecular formula is C15H17NO4. The quantitative estimate of drug-likeness (QED) is 0.898. The van der Waals surface area contributed by atoms with Gasteiger partial charge in [-0.2, -0.15) is 0 Å². The van der Waals surface area contributed by atoms with Gasteiger partial charge in [0.1, 0.15) is 11.9 Å². The van der Waals surface area contributed by atoms with Crippen molar-refractivity contribution in [3.63, 3.8) is 0 Å². The summed E-state index contributed by atoms with van der Waals surface area (Å²) in [6.07, 6.45) is 1.75. The lowest BCUT2D eigenvalue weighted by Gasteiger charge is -2.13. The zero-order valence-electron chi connectivity index (χ0n) is 11.0. The van der Waals surface area contributed by atoms with Gasteiger partial charge in [-0.3, -0.25) is 0 Å². The molecule has 0 amide bonds. The summed E-state index contributed by atoms with van der Waals surface area (Å²) in [5, 5.41) is 13.1. The minimum atomic E-state index is -0.680. The van der Waals surface area contributed by atoms with Crippen LogP contribution in [0.2, 0.25) is 0 Å². The van der Waals surface area contributed by atoms with E-state index < -0.39 is 6.10 Å². The molecule has 106 valence electrons. The lowest BCUT2D eigenvalue weighted by atomic mass is 10.2. The zero-order valence-corrected chi connectivity index (χ0v) is 11.0. The fourth-order valence-electron chi connectivity index (χ4n) is 2.07. The maximum atomic E-state index is 9.94. The SMILES string of the molecule is OC(CNc1ccc2c(c1)OCCCO2)c1ccco1. The molecule has 5 nitrogen and oxygen atoms in total. The van der Waals surface area contributed by atoms with E-state index in [2.05, 4.69) is 5.32 Å². The number of furan rings is 1. The van der Waals surface area contributed by atoms with Gasteiger partial charge in [0.2, 0.25) is 0 Å². The molecule has 2 aromatic rings. The van der Waals surface area contributed by atoms with Crippen LogP contribution >= 0.6 is 0 Å². The van der Waals surface area contributed by atoms with E-state index in [0.29, 0.717) is 25.5 Å². The van der Waals surface area contributed by atoms with E-state index in [1.807, 2.05) is 18.2 Å². The van der Waals surface area contributed by atoms with Crippen LogP contribution < -0.4 is 14.8 Å². The van der Waals surface area contributed by atoms with Gasteiger partial charge in [-0.1, -0.05) is 0 Å². The fraction of sp³-hybridized carbons (Fsp3) is 0.333. The smallest absolute Gasteiger partial charge is 0.163 e. The van der Waals surface area contributed by atoms with Crippen LogP contribution in [0.5, 0.6) is 11.5 Å². The molecule has 1 aromatic carbocycles. The van der Waals surface area contributed by atoms with E-state index in [9.17, 15) is 5.11 Å². The van der Waals surface area contributed by atoms with E-state index in [-0.39, 0.29) is 0 Å². The summed E-state index contributed by atoms with van der Waals surface area (Å²) < 4.78 is 16.3. The molecule has 3 rings (SSSR count). The summed E-state index contributed by atoms with van der Waals surface area (Å²) in [7, 11) is 0. The van der Waals surface area contributed by atoms with Crippen LogP contribution in [-0.2, 0) is 0 Å². The van der Waals surface area contributed by atoms with Gasteiger partial charge in [0, 0.05) is 24.7 Å². The molecule has 0 fully saturated rings. The van der Waals surface area contributed by atoms with E-state index in [4.69, 9.17) is 13.9 Å². The molecule has 0 saturated heterocycles. The molecule has 2 heterocycles. The Bertz CT molecular complexity index is 553. The van der Waals surface area contributed by atoms with Crippen molar-refractivity contribution in [3.8, 4) is 11.5 Å². The van der Waals surface area contributed by atoms with Gasteiger partial charge in [-0.25, -0.2) is 0 Å².